The van der Waals surface area contributed by atoms with Gasteiger partial charge in [-0.25, -0.2) is 17.5 Å². The summed E-state index contributed by atoms with van der Waals surface area (Å²) in [5, 5.41) is 0. The van der Waals surface area contributed by atoms with Gasteiger partial charge in [0.05, 0.1) is 12.8 Å². The van der Waals surface area contributed by atoms with E-state index in [-0.39, 0.29) is 22.4 Å². The van der Waals surface area contributed by atoms with Crippen molar-refractivity contribution in [2.24, 2.45) is 0 Å². The monoisotopic (exact) mass is 433 g/mol. The van der Waals surface area contributed by atoms with E-state index in [1.54, 1.807) is 41.3 Å². The van der Waals surface area contributed by atoms with Crippen LogP contribution in [0.25, 0.3) is 6.08 Å². The molecule has 30 heavy (non-hydrogen) atoms. The van der Waals surface area contributed by atoms with E-state index in [1.165, 1.54) is 32.4 Å². The van der Waals surface area contributed by atoms with Crippen molar-refractivity contribution < 1.29 is 22.3 Å². The van der Waals surface area contributed by atoms with Crippen LogP contribution in [0.2, 0.25) is 0 Å². The molecule has 2 aromatic rings. The number of rotatable bonds is 6. The maximum Gasteiger partial charge on any atom is 0.246 e. The summed E-state index contributed by atoms with van der Waals surface area (Å²) in [7, 11) is -0.985. The number of methoxy groups -OCH3 is 1. The minimum atomic E-state index is -3.70. The predicted octanol–water partition coefficient (Wildman–Crippen LogP) is 2.10. The lowest BCUT2D eigenvalue weighted by Crippen LogP contribution is -2.48. The maximum absolute atomic E-state index is 13.9. The van der Waals surface area contributed by atoms with Crippen molar-refractivity contribution in [1.82, 2.24) is 9.62 Å². The molecular weight excluding hydrogens is 409 g/mol. The molecule has 160 valence electrons. The zero-order chi connectivity index (χ0) is 21.7. The molecule has 0 aromatic heterocycles. The summed E-state index contributed by atoms with van der Waals surface area (Å²) in [5.74, 6) is -0.238. The fraction of sp³-hybridized carbons (Fsp3) is 0.286. The largest absolute Gasteiger partial charge is 0.495 e. The third kappa shape index (κ3) is 4.80. The quantitative estimate of drug-likeness (QED) is 0.706. The highest BCUT2D eigenvalue weighted by molar-refractivity contribution is 7.89. The van der Waals surface area contributed by atoms with Crippen molar-refractivity contribution in [1.29, 1.82) is 0 Å². The zero-order valence-electron chi connectivity index (χ0n) is 16.8. The van der Waals surface area contributed by atoms with Crippen LogP contribution < -0.4 is 14.4 Å². The molecule has 0 atom stereocenters. The topological polar surface area (TPSA) is 79.0 Å². The van der Waals surface area contributed by atoms with Crippen LogP contribution >= 0.6 is 0 Å². The molecule has 1 fully saturated rings. The second-order valence-electron chi connectivity index (χ2n) is 6.71. The van der Waals surface area contributed by atoms with Crippen LogP contribution in [0.15, 0.2) is 53.4 Å². The van der Waals surface area contributed by atoms with Crippen molar-refractivity contribution in [3.63, 3.8) is 0 Å². The molecule has 0 radical (unpaired) electrons. The summed E-state index contributed by atoms with van der Waals surface area (Å²) in [6, 6.07) is 11.3. The number of anilines is 1. The fourth-order valence-electron chi connectivity index (χ4n) is 3.27. The van der Waals surface area contributed by atoms with Crippen LogP contribution in [0, 0.1) is 5.82 Å². The molecule has 1 heterocycles. The molecule has 7 nitrogen and oxygen atoms in total. The van der Waals surface area contributed by atoms with E-state index in [9.17, 15) is 17.6 Å². The predicted molar refractivity (Wildman–Crippen MR) is 113 cm³/mol. The Hall–Kier alpha value is -2.91. The number of piperazine rings is 1. The third-order valence-electron chi connectivity index (χ3n) is 4.95. The van der Waals surface area contributed by atoms with Crippen molar-refractivity contribution in [3.05, 3.63) is 59.9 Å². The normalized spacial score (nSPS) is 14.9. The van der Waals surface area contributed by atoms with Crippen LogP contribution in [-0.2, 0) is 14.8 Å². The van der Waals surface area contributed by atoms with Gasteiger partial charge >= 0.3 is 0 Å². The average Bonchev–Trinajstić information content (AvgIpc) is 2.77. The van der Waals surface area contributed by atoms with Crippen molar-refractivity contribution >= 4 is 27.7 Å². The van der Waals surface area contributed by atoms with Gasteiger partial charge in [-0.05, 0) is 43.0 Å². The molecule has 1 saturated heterocycles. The molecule has 0 aliphatic carbocycles. The SMILES string of the molecule is CNS(=O)(=O)c1cc(/C=C/C(=O)N2CCN(c3ccccc3F)CC2)ccc1OC. The molecule has 9 heteroatoms. The molecule has 0 spiro atoms. The number of para-hydroxylation sites is 1. The van der Waals surface area contributed by atoms with Crippen LogP contribution in [0.5, 0.6) is 5.75 Å². The highest BCUT2D eigenvalue weighted by atomic mass is 32.2. The molecule has 0 unspecified atom stereocenters. The Morgan fingerprint density at radius 3 is 2.47 bits per heavy atom. The minimum Gasteiger partial charge on any atom is -0.495 e. The molecule has 3 rings (SSSR count). The lowest BCUT2D eigenvalue weighted by atomic mass is 10.2. The van der Waals surface area contributed by atoms with Gasteiger partial charge in [0.1, 0.15) is 16.5 Å². The van der Waals surface area contributed by atoms with Gasteiger partial charge in [-0.2, -0.15) is 0 Å². The number of hydrogen-bond acceptors (Lipinski definition) is 5. The number of carbonyl (C=O) groups excluding carboxylic acids is 1. The van der Waals surface area contributed by atoms with Crippen molar-refractivity contribution in [3.8, 4) is 5.75 Å². The molecule has 1 aliphatic rings. The average molecular weight is 434 g/mol. The Kier molecular flexibility index (Phi) is 6.73. The van der Waals surface area contributed by atoms with Crippen LogP contribution in [0.3, 0.4) is 0 Å². The molecule has 0 bridgehead atoms. The molecule has 1 N–H and O–H groups in total. The Bertz CT molecular complexity index is 1050. The first kappa shape index (κ1) is 21.8. The first-order chi connectivity index (χ1) is 14.4. The number of sulfonamides is 1. The Labute approximate surface area is 175 Å². The van der Waals surface area contributed by atoms with Gasteiger partial charge in [-0.15, -0.1) is 0 Å². The summed E-state index contributed by atoms with van der Waals surface area (Å²) < 4.78 is 45.7. The van der Waals surface area contributed by atoms with Crippen molar-refractivity contribution in [2.45, 2.75) is 4.90 Å². The maximum atomic E-state index is 13.9. The second-order valence-corrected chi connectivity index (χ2v) is 8.57. The van der Waals surface area contributed by atoms with Gasteiger partial charge in [-0.3, -0.25) is 4.79 Å². The van der Waals surface area contributed by atoms with Gasteiger partial charge in [0.2, 0.25) is 15.9 Å². The third-order valence-corrected chi connectivity index (χ3v) is 6.38. The first-order valence-corrected chi connectivity index (χ1v) is 10.9. The van der Waals surface area contributed by atoms with Gasteiger partial charge in [0.25, 0.3) is 0 Å². The standard InChI is InChI=1S/C21H24FN3O4S/c1-23-30(27,28)20-15-16(7-9-19(20)29-2)8-10-21(26)25-13-11-24(12-14-25)18-6-4-3-5-17(18)22/h3-10,15,23H,11-14H2,1-2H3/b10-8+. The smallest absolute Gasteiger partial charge is 0.246 e. The number of ether oxygens (including phenoxy) is 1. The summed E-state index contributed by atoms with van der Waals surface area (Å²) in [5.41, 5.74) is 1.10. The summed E-state index contributed by atoms with van der Waals surface area (Å²) >= 11 is 0. The second kappa shape index (κ2) is 9.27. The number of halogens is 1. The Morgan fingerprint density at radius 2 is 1.83 bits per heavy atom. The number of nitrogens with one attached hydrogen (secondary N) is 1. The highest BCUT2D eigenvalue weighted by Crippen LogP contribution is 2.25. The summed E-state index contributed by atoms with van der Waals surface area (Å²) in [4.78, 5) is 16.1. The van der Waals surface area contributed by atoms with E-state index in [4.69, 9.17) is 4.74 Å². The van der Waals surface area contributed by atoms with E-state index in [0.29, 0.717) is 37.4 Å². The van der Waals surface area contributed by atoms with E-state index in [2.05, 4.69) is 4.72 Å². The molecule has 2 aromatic carbocycles. The van der Waals surface area contributed by atoms with E-state index >= 15 is 0 Å². The van der Waals surface area contributed by atoms with Gasteiger partial charge in [0, 0.05) is 32.3 Å². The lowest BCUT2D eigenvalue weighted by Gasteiger charge is -2.35. The van der Waals surface area contributed by atoms with Crippen molar-refractivity contribution in [2.75, 3.05) is 45.2 Å². The number of benzene rings is 2. The highest BCUT2D eigenvalue weighted by Gasteiger charge is 2.22. The zero-order valence-corrected chi connectivity index (χ0v) is 17.7. The lowest BCUT2D eigenvalue weighted by molar-refractivity contribution is -0.126. The van der Waals surface area contributed by atoms with Gasteiger partial charge in [0.15, 0.2) is 0 Å². The van der Waals surface area contributed by atoms with Gasteiger partial charge < -0.3 is 14.5 Å². The first-order valence-electron chi connectivity index (χ1n) is 9.44. The molecule has 0 saturated carbocycles. The fourth-order valence-corrected chi connectivity index (χ4v) is 4.19. The van der Waals surface area contributed by atoms with E-state index in [1.807, 2.05) is 4.90 Å². The van der Waals surface area contributed by atoms with Crippen LogP contribution in [0.1, 0.15) is 5.56 Å². The molecular formula is C21H24FN3O4S. The van der Waals surface area contributed by atoms with Crippen LogP contribution in [0.4, 0.5) is 10.1 Å². The minimum absolute atomic E-state index is 0.000557. The Balaban J connectivity index is 1.67. The molecule has 1 aliphatic heterocycles. The number of carbonyl (C=O) groups is 1. The summed E-state index contributed by atoms with van der Waals surface area (Å²) in [6.07, 6.45) is 2.98. The number of nitrogens with zero attached hydrogens (tertiary/aromatic N) is 2. The number of hydrogen-bond donors (Lipinski definition) is 1. The van der Waals surface area contributed by atoms with Gasteiger partial charge in [-0.1, -0.05) is 18.2 Å². The van der Waals surface area contributed by atoms with E-state index in [0.717, 1.165) is 0 Å². The van der Waals surface area contributed by atoms with Crippen LogP contribution in [-0.4, -0.2) is 59.6 Å². The molecule has 1 amide bonds. The Morgan fingerprint density at radius 1 is 1.13 bits per heavy atom. The number of amides is 1. The summed E-state index contributed by atoms with van der Waals surface area (Å²) in [6.45, 7) is 2.01. The van der Waals surface area contributed by atoms with E-state index < -0.39 is 10.0 Å².